The van der Waals surface area contributed by atoms with E-state index in [1.165, 1.54) is 27.4 Å². The zero-order chi connectivity index (χ0) is 21.5. The van der Waals surface area contributed by atoms with Gasteiger partial charge < -0.3 is 9.64 Å². The van der Waals surface area contributed by atoms with Gasteiger partial charge in [0.1, 0.15) is 11.6 Å². The largest absolute Gasteiger partial charge is 0.379 e. The van der Waals surface area contributed by atoms with Crippen LogP contribution in [0, 0.1) is 18.6 Å². The van der Waals surface area contributed by atoms with Gasteiger partial charge in [0.05, 0.1) is 23.8 Å². The lowest BCUT2D eigenvalue weighted by molar-refractivity contribution is 0.0730. The van der Waals surface area contributed by atoms with E-state index in [-0.39, 0.29) is 35.8 Å². The predicted octanol–water partition coefficient (Wildman–Crippen LogP) is 2.89. The smallest absolute Gasteiger partial charge is 0.258 e. The molecule has 0 spiro atoms. The Labute approximate surface area is 174 Å². The zero-order valence-electron chi connectivity index (χ0n) is 16.5. The van der Waals surface area contributed by atoms with Crippen molar-refractivity contribution in [1.29, 1.82) is 0 Å². The van der Waals surface area contributed by atoms with Gasteiger partial charge in [0.2, 0.25) is 10.0 Å². The number of benzene rings is 2. The molecule has 0 N–H and O–H groups in total. The highest BCUT2D eigenvalue weighted by atomic mass is 32.2. The van der Waals surface area contributed by atoms with E-state index in [2.05, 4.69) is 0 Å². The van der Waals surface area contributed by atoms with Crippen molar-refractivity contribution >= 4 is 21.6 Å². The predicted molar refractivity (Wildman–Crippen MR) is 107 cm³/mol. The number of hydrogen-bond donors (Lipinski definition) is 0. The molecule has 2 heterocycles. The Kier molecular flexibility index (Phi) is 5.61. The fraction of sp³-hybridized carbons (Fsp3) is 0.381. The molecular formula is C21H22F2N2O4S. The maximum Gasteiger partial charge on any atom is 0.258 e. The number of morpholine rings is 1. The fourth-order valence-electron chi connectivity index (χ4n) is 3.93. The molecule has 2 aromatic carbocycles. The average Bonchev–Trinajstić information content (AvgIpc) is 2.73. The lowest BCUT2D eigenvalue weighted by atomic mass is 9.99. The summed E-state index contributed by atoms with van der Waals surface area (Å²) in [7, 11) is -3.78. The number of aryl methyl sites for hydroxylation is 2. The molecule has 4 rings (SSSR count). The number of sulfonamides is 1. The van der Waals surface area contributed by atoms with Gasteiger partial charge in [-0.15, -0.1) is 0 Å². The molecule has 2 aromatic rings. The Hall–Kier alpha value is -2.36. The van der Waals surface area contributed by atoms with Crippen molar-refractivity contribution in [3.63, 3.8) is 0 Å². The third kappa shape index (κ3) is 3.73. The minimum Gasteiger partial charge on any atom is -0.379 e. The summed E-state index contributed by atoms with van der Waals surface area (Å²) in [5.74, 6) is -1.99. The van der Waals surface area contributed by atoms with Crippen molar-refractivity contribution in [2.24, 2.45) is 0 Å². The number of carbonyl (C=O) groups is 1. The average molecular weight is 436 g/mol. The van der Waals surface area contributed by atoms with E-state index in [9.17, 15) is 22.0 Å². The zero-order valence-corrected chi connectivity index (χ0v) is 17.3. The number of nitrogens with zero attached hydrogens (tertiary/aromatic N) is 2. The van der Waals surface area contributed by atoms with Crippen molar-refractivity contribution in [3.8, 4) is 0 Å². The van der Waals surface area contributed by atoms with Crippen LogP contribution in [0.5, 0.6) is 0 Å². The van der Waals surface area contributed by atoms with Crippen LogP contribution in [0.3, 0.4) is 0 Å². The second kappa shape index (κ2) is 8.05. The molecule has 2 aliphatic rings. The van der Waals surface area contributed by atoms with Crippen LogP contribution in [0.25, 0.3) is 0 Å². The number of halogens is 2. The lowest BCUT2D eigenvalue weighted by Gasteiger charge is -2.30. The summed E-state index contributed by atoms with van der Waals surface area (Å²) in [5, 5.41) is 0. The summed E-state index contributed by atoms with van der Waals surface area (Å²) in [6.45, 7) is 3.10. The van der Waals surface area contributed by atoms with E-state index in [0.29, 0.717) is 37.2 Å². The highest BCUT2D eigenvalue weighted by molar-refractivity contribution is 7.89. The molecular weight excluding hydrogens is 414 g/mol. The van der Waals surface area contributed by atoms with Crippen LogP contribution in [-0.4, -0.2) is 51.5 Å². The molecule has 0 saturated carbocycles. The number of anilines is 1. The second-order valence-corrected chi connectivity index (χ2v) is 9.39. The topological polar surface area (TPSA) is 66.9 Å². The van der Waals surface area contributed by atoms with Crippen LogP contribution >= 0.6 is 0 Å². The van der Waals surface area contributed by atoms with Gasteiger partial charge in [0, 0.05) is 31.3 Å². The summed E-state index contributed by atoms with van der Waals surface area (Å²) >= 11 is 0. The summed E-state index contributed by atoms with van der Waals surface area (Å²) in [4.78, 5) is 14.6. The summed E-state index contributed by atoms with van der Waals surface area (Å²) in [5.41, 5.74) is 1.26. The van der Waals surface area contributed by atoms with Crippen LogP contribution in [0.2, 0.25) is 0 Å². The number of amides is 1. The number of hydrogen-bond acceptors (Lipinski definition) is 4. The van der Waals surface area contributed by atoms with Crippen LogP contribution < -0.4 is 4.90 Å². The molecule has 0 aliphatic carbocycles. The van der Waals surface area contributed by atoms with Gasteiger partial charge in [-0.05, 0) is 49.1 Å². The van der Waals surface area contributed by atoms with E-state index < -0.39 is 27.6 Å². The van der Waals surface area contributed by atoms with Gasteiger partial charge in [0.15, 0.2) is 0 Å². The van der Waals surface area contributed by atoms with Gasteiger partial charge in [-0.25, -0.2) is 17.2 Å². The first-order chi connectivity index (χ1) is 14.3. The SMILES string of the molecule is Cc1ccc(S(=O)(=O)N2CCOCC2)cc1C(=O)N1CCCc2cc(F)cc(F)c21. The standard InChI is InChI=1S/C21H22F2N2O4S/c1-14-4-5-17(30(27,28)24-7-9-29-10-8-24)13-18(14)21(26)25-6-2-3-15-11-16(22)12-19(23)20(15)25/h4-5,11-13H,2-3,6-10H2,1H3. The van der Waals surface area contributed by atoms with Crippen molar-refractivity contribution in [1.82, 2.24) is 4.31 Å². The van der Waals surface area contributed by atoms with Crippen molar-refractivity contribution in [2.45, 2.75) is 24.7 Å². The fourth-order valence-corrected chi connectivity index (χ4v) is 5.36. The van der Waals surface area contributed by atoms with Crippen LogP contribution in [0.4, 0.5) is 14.5 Å². The first-order valence-corrected chi connectivity index (χ1v) is 11.2. The molecule has 9 heteroatoms. The van der Waals surface area contributed by atoms with Crippen LogP contribution in [0.15, 0.2) is 35.2 Å². The van der Waals surface area contributed by atoms with E-state index in [0.717, 1.165) is 6.07 Å². The molecule has 1 amide bonds. The van der Waals surface area contributed by atoms with Gasteiger partial charge in [0.25, 0.3) is 5.91 Å². The quantitative estimate of drug-likeness (QED) is 0.742. The Morgan fingerprint density at radius 3 is 2.53 bits per heavy atom. The third-order valence-corrected chi connectivity index (χ3v) is 7.39. The van der Waals surface area contributed by atoms with Gasteiger partial charge in [-0.1, -0.05) is 6.07 Å². The normalized spacial score (nSPS) is 17.6. The second-order valence-electron chi connectivity index (χ2n) is 7.45. The number of ether oxygens (including phenoxy) is 1. The maximum atomic E-state index is 14.5. The van der Waals surface area contributed by atoms with E-state index in [1.54, 1.807) is 13.0 Å². The molecule has 0 bridgehead atoms. The molecule has 0 unspecified atom stereocenters. The number of rotatable bonds is 3. The minimum atomic E-state index is -3.78. The molecule has 0 radical (unpaired) electrons. The van der Waals surface area contributed by atoms with Gasteiger partial charge >= 0.3 is 0 Å². The van der Waals surface area contributed by atoms with Crippen LogP contribution in [0.1, 0.15) is 27.9 Å². The summed E-state index contributed by atoms with van der Waals surface area (Å²) in [6, 6.07) is 6.39. The first kappa shape index (κ1) is 20.9. The molecule has 1 saturated heterocycles. The molecule has 30 heavy (non-hydrogen) atoms. The van der Waals surface area contributed by atoms with E-state index in [4.69, 9.17) is 4.74 Å². The van der Waals surface area contributed by atoms with Crippen LogP contribution in [-0.2, 0) is 21.2 Å². The lowest BCUT2D eigenvalue weighted by Crippen LogP contribution is -2.41. The maximum absolute atomic E-state index is 14.5. The Bertz CT molecular complexity index is 1100. The van der Waals surface area contributed by atoms with E-state index >= 15 is 0 Å². The van der Waals surface area contributed by atoms with Gasteiger partial charge in [-0.3, -0.25) is 4.79 Å². The van der Waals surface area contributed by atoms with Gasteiger partial charge in [-0.2, -0.15) is 4.31 Å². The number of fused-ring (bicyclic) bond motifs is 1. The summed E-state index contributed by atoms with van der Waals surface area (Å²) in [6.07, 6.45) is 1.03. The molecule has 2 aliphatic heterocycles. The molecule has 160 valence electrons. The molecule has 0 atom stereocenters. The molecule has 0 aromatic heterocycles. The van der Waals surface area contributed by atoms with Crippen molar-refractivity contribution in [2.75, 3.05) is 37.7 Å². The third-order valence-electron chi connectivity index (χ3n) is 5.50. The highest BCUT2D eigenvalue weighted by Crippen LogP contribution is 2.33. The Morgan fingerprint density at radius 1 is 1.07 bits per heavy atom. The Morgan fingerprint density at radius 2 is 1.80 bits per heavy atom. The van der Waals surface area contributed by atoms with Crippen molar-refractivity contribution in [3.05, 3.63) is 58.7 Å². The van der Waals surface area contributed by atoms with Crippen molar-refractivity contribution < 1.29 is 26.7 Å². The minimum absolute atomic E-state index is 0.00941. The Balaban J connectivity index is 1.72. The monoisotopic (exact) mass is 436 g/mol. The summed E-state index contributed by atoms with van der Waals surface area (Å²) < 4.78 is 60.6. The molecule has 1 fully saturated rings. The highest BCUT2D eigenvalue weighted by Gasteiger charge is 2.31. The number of carbonyl (C=O) groups excluding carboxylic acids is 1. The molecule has 6 nitrogen and oxygen atoms in total. The van der Waals surface area contributed by atoms with E-state index in [1.807, 2.05) is 0 Å². The first-order valence-electron chi connectivity index (χ1n) is 9.77.